The molecule has 0 spiro atoms. The lowest BCUT2D eigenvalue weighted by atomic mass is 9.87. The number of hydrogen-bond donors (Lipinski definition) is 1. The minimum atomic E-state index is -3.20. The van der Waals surface area contributed by atoms with Crippen molar-refractivity contribution in [2.75, 3.05) is 38.5 Å². The second kappa shape index (κ2) is 11.3. The van der Waals surface area contributed by atoms with E-state index in [1.54, 1.807) is 22.5 Å². The molecule has 1 aromatic carbocycles. The number of benzene rings is 1. The zero-order valence-corrected chi connectivity index (χ0v) is 20.5. The molecule has 3 rings (SSSR count). The lowest BCUT2D eigenvalue weighted by Crippen LogP contribution is -2.61. The van der Waals surface area contributed by atoms with E-state index in [1.807, 2.05) is 6.92 Å². The Balaban J connectivity index is 1.72. The van der Waals surface area contributed by atoms with Gasteiger partial charge in [0.25, 0.3) is 5.91 Å². The molecule has 1 saturated heterocycles. The topological polar surface area (TPSA) is 69.7 Å². The maximum absolute atomic E-state index is 13.1. The molecule has 0 aromatic heterocycles. The SMILES string of the molecule is CCCS(=O)(=O)N1CCN(C2(CNC(=O)c3cccc(CF)c3Cl)CCCCCC2)CC1. The average molecular weight is 488 g/mol. The summed E-state index contributed by atoms with van der Waals surface area (Å²) in [5, 5.41) is 3.23. The van der Waals surface area contributed by atoms with Crippen LogP contribution in [0, 0.1) is 0 Å². The van der Waals surface area contributed by atoms with Gasteiger partial charge in [-0.1, -0.05) is 56.3 Å². The van der Waals surface area contributed by atoms with Gasteiger partial charge in [0.1, 0.15) is 6.67 Å². The molecule has 0 radical (unpaired) electrons. The first-order valence-electron chi connectivity index (χ1n) is 11.7. The van der Waals surface area contributed by atoms with Crippen molar-refractivity contribution in [3.05, 3.63) is 34.3 Å². The van der Waals surface area contributed by atoms with E-state index in [9.17, 15) is 17.6 Å². The fraction of sp³-hybridized carbons (Fsp3) is 0.696. The summed E-state index contributed by atoms with van der Waals surface area (Å²) in [5.41, 5.74) is 0.408. The van der Waals surface area contributed by atoms with E-state index in [0.29, 0.717) is 50.3 Å². The number of halogens is 2. The van der Waals surface area contributed by atoms with Crippen molar-refractivity contribution in [3.8, 4) is 0 Å². The number of alkyl halides is 1. The van der Waals surface area contributed by atoms with Crippen molar-refractivity contribution in [3.63, 3.8) is 0 Å². The van der Waals surface area contributed by atoms with Crippen LogP contribution < -0.4 is 5.32 Å². The second-order valence-corrected chi connectivity index (χ2v) is 11.4. The van der Waals surface area contributed by atoms with Crippen LogP contribution in [0.15, 0.2) is 18.2 Å². The second-order valence-electron chi connectivity index (χ2n) is 8.94. The Bertz CT molecular complexity index is 880. The van der Waals surface area contributed by atoms with Gasteiger partial charge in [-0.2, -0.15) is 4.31 Å². The number of carbonyl (C=O) groups is 1. The number of sulfonamides is 1. The van der Waals surface area contributed by atoms with Crippen molar-refractivity contribution in [2.45, 2.75) is 64.1 Å². The number of nitrogens with one attached hydrogen (secondary N) is 1. The third-order valence-electron chi connectivity index (χ3n) is 6.84. The monoisotopic (exact) mass is 487 g/mol. The average Bonchev–Trinajstić information content (AvgIpc) is 3.04. The molecule has 0 atom stereocenters. The van der Waals surface area contributed by atoms with Gasteiger partial charge in [0, 0.05) is 43.8 Å². The van der Waals surface area contributed by atoms with Gasteiger partial charge in [-0.15, -0.1) is 0 Å². The van der Waals surface area contributed by atoms with Crippen LogP contribution in [0.1, 0.15) is 67.8 Å². The first-order chi connectivity index (χ1) is 15.3. The van der Waals surface area contributed by atoms with Gasteiger partial charge in [-0.25, -0.2) is 12.8 Å². The number of nitrogens with zero attached hydrogens (tertiary/aromatic N) is 2. The highest BCUT2D eigenvalue weighted by molar-refractivity contribution is 7.89. The van der Waals surface area contributed by atoms with E-state index < -0.39 is 16.7 Å². The highest BCUT2D eigenvalue weighted by Gasteiger charge is 2.40. The zero-order valence-electron chi connectivity index (χ0n) is 18.9. The molecule has 1 N–H and O–H groups in total. The number of amides is 1. The molecule has 2 aliphatic rings. The Labute approximate surface area is 196 Å². The third-order valence-corrected chi connectivity index (χ3v) is 9.37. The Hall–Kier alpha value is -1.22. The van der Waals surface area contributed by atoms with Crippen molar-refractivity contribution >= 4 is 27.5 Å². The smallest absolute Gasteiger partial charge is 0.252 e. The first-order valence-corrected chi connectivity index (χ1v) is 13.7. The quantitative estimate of drug-likeness (QED) is 0.563. The minimum Gasteiger partial charge on any atom is -0.350 e. The molecular weight excluding hydrogens is 453 g/mol. The van der Waals surface area contributed by atoms with Crippen LogP contribution >= 0.6 is 11.6 Å². The van der Waals surface area contributed by atoms with Crippen LogP contribution in [0.5, 0.6) is 0 Å². The van der Waals surface area contributed by atoms with Gasteiger partial charge in [0.2, 0.25) is 10.0 Å². The van der Waals surface area contributed by atoms with Crippen molar-refractivity contribution in [1.29, 1.82) is 0 Å². The highest BCUT2D eigenvalue weighted by atomic mass is 35.5. The van der Waals surface area contributed by atoms with Gasteiger partial charge >= 0.3 is 0 Å². The van der Waals surface area contributed by atoms with E-state index in [2.05, 4.69) is 10.2 Å². The summed E-state index contributed by atoms with van der Waals surface area (Å²) in [6, 6.07) is 4.85. The minimum absolute atomic E-state index is 0.164. The number of hydrogen-bond acceptors (Lipinski definition) is 4. The van der Waals surface area contributed by atoms with Crippen molar-refractivity contribution < 1.29 is 17.6 Å². The summed E-state index contributed by atoms with van der Waals surface area (Å²) >= 11 is 6.25. The Morgan fingerprint density at radius 2 is 1.78 bits per heavy atom. The third kappa shape index (κ3) is 5.82. The van der Waals surface area contributed by atoms with E-state index in [0.717, 1.165) is 25.7 Å². The van der Waals surface area contributed by atoms with E-state index >= 15 is 0 Å². The molecular formula is C23H35ClFN3O3S. The molecule has 1 amide bonds. The number of rotatable bonds is 8. The molecule has 9 heteroatoms. The predicted octanol–water partition coefficient (Wildman–Crippen LogP) is 3.99. The molecule has 180 valence electrons. The van der Waals surface area contributed by atoms with Crippen molar-refractivity contribution in [2.24, 2.45) is 0 Å². The summed E-state index contributed by atoms with van der Waals surface area (Å²) in [5.74, 6) is -0.106. The fourth-order valence-electron chi connectivity index (χ4n) is 5.02. The van der Waals surface area contributed by atoms with Crippen LogP contribution in [-0.2, 0) is 16.7 Å². The Morgan fingerprint density at radius 1 is 1.12 bits per heavy atom. The fourth-order valence-corrected chi connectivity index (χ4v) is 6.77. The van der Waals surface area contributed by atoms with Gasteiger partial charge in [-0.3, -0.25) is 9.69 Å². The predicted molar refractivity (Wildman–Crippen MR) is 126 cm³/mol. The first kappa shape index (κ1) is 25.4. The standard InChI is InChI=1S/C23H35ClFN3O3S/c1-2-16-32(30,31)28-14-12-27(13-15-28)23(10-5-3-4-6-11-23)18-26-22(29)20-9-7-8-19(17-25)21(20)24/h7-9H,2-6,10-18H2,1H3,(H,26,29). The maximum Gasteiger partial charge on any atom is 0.252 e. The van der Waals surface area contributed by atoms with Crippen LogP contribution in [-0.4, -0.2) is 67.5 Å². The summed E-state index contributed by atoms with van der Waals surface area (Å²) < 4.78 is 39.7. The molecule has 1 aliphatic heterocycles. The van der Waals surface area contributed by atoms with Crippen LogP contribution in [0.4, 0.5) is 4.39 Å². The summed E-state index contributed by atoms with van der Waals surface area (Å²) in [6.07, 6.45) is 7.06. The molecule has 32 heavy (non-hydrogen) atoms. The molecule has 2 fully saturated rings. The Morgan fingerprint density at radius 3 is 2.38 bits per heavy atom. The van der Waals surface area contributed by atoms with Gasteiger partial charge in [0.15, 0.2) is 0 Å². The molecule has 1 saturated carbocycles. The zero-order chi connectivity index (χ0) is 23.2. The molecule has 1 heterocycles. The summed E-state index contributed by atoms with van der Waals surface area (Å²) in [7, 11) is -3.20. The molecule has 6 nitrogen and oxygen atoms in total. The largest absolute Gasteiger partial charge is 0.350 e. The van der Waals surface area contributed by atoms with Gasteiger partial charge in [-0.05, 0) is 25.3 Å². The van der Waals surface area contributed by atoms with Crippen LogP contribution in [0.3, 0.4) is 0 Å². The van der Waals surface area contributed by atoms with Crippen LogP contribution in [0.25, 0.3) is 0 Å². The maximum atomic E-state index is 13.1. The normalized spacial score (nSPS) is 20.6. The van der Waals surface area contributed by atoms with Crippen molar-refractivity contribution in [1.82, 2.24) is 14.5 Å². The van der Waals surface area contributed by atoms with Crippen LogP contribution in [0.2, 0.25) is 5.02 Å². The number of carbonyl (C=O) groups excluding carboxylic acids is 1. The summed E-state index contributed by atoms with van der Waals surface area (Å²) in [6.45, 7) is 3.95. The lowest BCUT2D eigenvalue weighted by Gasteiger charge is -2.47. The molecule has 1 aromatic rings. The van der Waals surface area contributed by atoms with E-state index in [1.165, 1.54) is 12.8 Å². The lowest BCUT2D eigenvalue weighted by molar-refractivity contribution is 0.0391. The van der Waals surface area contributed by atoms with E-state index in [-0.39, 0.29) is 22.2 Å². The number of piperazine rings is 1. The van der Waals surface area contributed by atoms with Gasteiger partial charge in [0.05, 0.1) is 16.3 Å². The molecule has 1 aliphatic carbocycles. The van der Waals surface area contributed by atoms with Gasteiger partial charge < -0.3 is 5.32 Å². The van der Waals surface area contributed by atoms with E-state index in [4.69, 9.17) is 11.6 Å². The summed E-state index contributed by atoms with van der Waals surface area (Å²) in [4.78, 5) is 15.3. The molecule has 0 bridgehead atoms. The molecule has 0 unspecified atom stereocenters. The highest BCUT2D eigenvalue weighted by Crippen LogP contribution is 2.33. The Kier molecular flexibility index (Phi) is 8.95.